The van der Waals surface area contributed by atoms with E-state index in [9.17, 15) is 14.6 Å². The lowest BCUT2D eigenvalue weighted by atomic mass is 10.0. The number of hydrogen-bond donors (Lipinski definition) is 2. The van der Waals surface area contributed by atoms with Gasteiger partial charge in [-0.1, -0.05) is 18.2 Å². The van der Waals surface area contributed by atoms with Crippen LogP contribution in [-0.2, 0) is 0 Å². The molecular weight excluding hydrogens is 509 g/mol. The Morgan fingerprint density at radius 2 is 1.68 bits per heavy atom. The molecule has 0 amide bonds. The van der Waals surface area contributed by atoms with Crippen LogP contribution in [0.25, 0.3) is 28.3 Å². The van der Waals surface area contributed by atoms with Crippen molar-refractivity contribution in [3.8, 4) is 22.6 Å². The van der Waals surface area contributed by atoms with Gasteiger partial charge in [0.25, 0.3) is 0 Å². The molecule has 2 saturated heterocycles. The summed E-state index contributed by atoms with van der Waals surface area (Å²) in [5, 5.41) is 24.9. The Bertz CT molecular complexity index is 1680. The topological polar surface area (TPSA) is 103 Å². The van der Waals surface area contributed by atoms with Gasteiger partial charge in [-0.05, 0) is 66.9 Å². The van der Waals surface area contributed by atoms with Gasteiger partial charge in [0.1, 0.15) is 23.1 Å². The lowest BCUT2D eigenvalue weighted by Crippen LogP contribution is -2.24. The summed E-state index contributed by atoms with van der Waals surface area (Å²) in [6.07, 6.45) is 3.85. The molecule has 2 unspecified atom stereocenters. The molecule has 5 aromatic rings. The highest BCUT2D eigenvalue weighted by Crippen LogP contribution is 2.36. The number of hydrogen-bond acceptors (Lipinski definition) is 8. The molecule has 40 heavy (non-hydrogen) atoms. The molecule has 0 aliphatic carbocycles. The second kappa shape index (κ2) is 9.96. The van der Waals surface area contributed by atoms with E-state index < -0.39 is 12.2 Å². The van der Waals surface area contributed by atoms with Crippen molar-refractivity contribution in [1.29, 1.82) is 0 Å². The fraction of sp³-hybridized carbons (Fsp3) is 0.267. The van der Waals surface area contributed by atoms with Gasteiger partial charge < -0.3 is 20.0 Å². The fourth-order valence-corrected chi connectivity index (χ4v) is 5.74. The maximum atomic E-state index is 14.0. The number of halogens is 1. The van der Waals surface area contributed by atoms with E-state index in [1.807, 2.05) is 57.9 Å². The molecule has 2 aliphatic rings. The summed E-state index contributed by atoms with van der Waals surface area (Å²) in [4.78, 5) is 18.0. The first-order chi connectivity index (χ1) is 19.5. The zero-order valence-electron chi connectivity index (χ0n) is 21.7. The molecule has 4 aromatic heterocycles. The Morgan fingerprint density at radius 1 is 0.850 bits per heavy atom. The predicted octanol–water partition coefficient (Wildman–Crippen LogP) is 3.88. The monoisotopic (exact) mass is 537 g/mol. The molecule has 7 rings (SSSR count). The summed E-state index contributed by atoms with van der Waals surface area (Å²) in [5.74, 6) is 1.26. The highest BCUT2D eigenvalue weighted by Gasteiger charge is 2.31. The third kappa shape index (κ3) is 4.44. The average molecular weight is 538 g/mol. The summed E-state index contributed by atoms with van der Waals surface area (Å²) in [6.45, 7) is 1.50. The van der Waals surface area contributed by atoms with Gasteiger partial charge >= 0.3 is 0 Å². The normalized spacial score (nSPS) is 21.0. The Kier molecular flexibility index (Phi) is 6.13. The van der Waals surface area contributed by atoms with Crippen LogP contribution in [0.1, 0.15) is 24.4 Å². The van der Waals surface area contributed by atoms with Crippen LogP contribution in [0.4, 0.5) is 16.0 Å². The number of pyridine rings is 2. The summed E-state index contributed by atoms with van der Waals surface area (Å²) in [5.41, 5.74) is 4.79. The third-order valence-corrected chi connectivity index (χ3v) is 7.76. The molecule has 0 radical (unpaired) electrons. The standard InChI is InChI=1S/C30H28FN7O2/c31-21-5-1-4-20(14-21)24-8-3-13-37(24)29-10-9-28-33-16-25(38(28)35-29)23-7-2-6-22(34-23)19-11-12-32-30(15-19)36-17-26(39)27(40)18-36/h1-2,4-7,9-12,14-16,24,26-27,39-40H,3,8,13,17-18H2/t24-,26?,27?/m1/s1. The number of fused-ring (bicyclic) bond motifs is 1. The molecule has 202 valence electrons. The molecule has 10 heteroatoms. The molecular formula is C30H28FN7O2. The largest absolute Gasteiger partial charge is 0.389 e. The van der Waals surface area contributed by atoms with E-state index in [-0.39, 0.29) is 11.9 Å². The van der Waals surface area contributed by atoms with Gasteiger partial charge in [0.05, 0.1) is 35.8 Å². The van der Waals surface area contributed by atoms with Crippen molar-refractivity contribution in [2.24, 2.45) is 0 Å². The molecule has 2 N–H and O–H groups in total. The van der Waals surface area contributed by atoms with Crippen LogP contribution in [0.3, 0.4) is 0 Å². The number of anilines is 2. The van der Waals surface area contributed by atoms with Gasteiger partial charge in [0.15, 0.2) is 5.65 Å². The van der Waals surface area contributed by atoms with Crippen molar-refractivity contribution >= 4 is 17.3 Å². The van der Waals surface area contributed by atoms with E-state index in [0.29, 0.717) is 24.6 Å². The van der Waals surface area contributed by atoms with Gasteiger partial charge in [-0.15, -0.1) is 5.10 Å². The van der Waals surface area contributed by atoms with Crippen LogP contribution in [0.5, 0.6) is 0 Å². The molecule has 6 heterocycles. The van der Waals surface area contributed by atoms with Crippen molar-refractivity contribution in [2.45, 2.75) is 31.1 Å². The number of β-amino-alcohol motifs (C(OH)–C–C–N with tert-alkyl or cyclic N) is 2. The third-order valence-electron chi connectivity index (χ3n) is 7.76. The maximum Gasteiger partial charge on any atom is 0.154 e. The quantitative estimate of drug-likeness (QED) is 0.348. The van der Waals surface area contributed by atoms with Gasteiger partial charge in [-0.3, -0.25) is 0 Å². The van der Waals surface area contributed by atoms with Gasteiger partial charge in [-0.25, -0.2) is 23.9 Å². The second-order valence-electron chi connectivity index (χ2n) is 10.4. The van der Waals surface area contributed by atoms with E-state index in [4.69, 9.17) is 10.1 Å². The summed E-state index contributed by atoms with van der Waals surface area (Å²) in [7, 11) is 0. The molecule has 3 atom stereocenters. The average Bonchev–Trinajstić information content (AvgIpc) is 3.72. The van der Waals surface area contributed by atoms with Crippen LogP contribution in [0, 0.1) is 5.82 Å². The van der Waals surface area contributed by atoms with Crippen molar-refractivity contribution in [3.63, 3.8) is 0 Å². The molecule has 2 aliphatic heterocycles. The maximum absolute atomic E-state index is 14.0. The van der Waals surface area contributed by atoms with E-state index in [0.717, 1.165) is 53.4 Å². The van der Waals surface area contributed by atoms with Crippen molar-refractivity contribution < 1.29 is 14.6 Å². The van der Waals surface area contributed by atoms with Crippen molar-refractivity contribution in [2.75, 3.05) is 29.4 Å². The van der Waals surface area contributed by atoms with Gasteiger partial charge in [0, 0.05) is 31.4 Å². The number of aliphatic hydroxyl groups is 2. The minimum Gasteiger partial charge on any atom is -0.389 e. The molecule has 0 saturated carbocycles. The Morgan fingerprint density at radius 3 is 2.52 bits per heavy atom. The number of nitrogens with zero attached hydrogens (tertiary/aromatic N) is 7. The Balaban J connectivity index is 1.21. The number of rotatable bonds is 5. The molecule has 2 fully saturated rings. The number of aliphatic hydroxyl groups excluding tert-OH is 2. The van der Waals surface area contributed by atoms with Crippen LogP contribution < -0.4 is 9.80 Å². The minimum atomic E-state index is -0.788. The molecule has 0 spiro atoms. The van der Waals surface area contributed by atoms with E-state index in [1.54, 1.807) is 24.5 Å². The number of benzene rings is 1. The number of aromatic nitrogens is 5. The first-order valence-electron chi connectivity index (χ1n) is 13.5. The second-order valence-corrected chi connectivity index (χ2v) is 10.4. The molecule has 1 aromatic carbocycles. The SMILES string of the molecule is OC1CN(c2cc(-c3cccc(-c4cnc5ccc(N6CCC[C@@H]6c6cccc(F)c6)nn45)n3)ccn2)CC1O. The van der Waals surface area contributed by atoms with E-state index >= 15 is 0 Å². The smallest absolute Gasteiger partial charge is 0.154 e. The first kappa shape index (κ1) is 24.6. The first-order valence-corrected chi connectivity index (χ1v) is 13.5. The summed E-state index contributed by atoms with van der Waals surface area (Å²) in [6, 6.07) is 20.4. The van der Waals surface area contributed by atoms with Gasteiger partial charge in [0.2, 0.25) is 0 Å². The molecule has 0 bridgehead atoms. The highest BCUT2D eigenvalue weighted by atomic mass is 19.1. The van der Waals surface area contributed by atoms with Crippen molar-refractivity contribution in [3.05, 3.63) is 90.5 Å². The van der Waals surface area contributed by atoms with Gasteiger partial charge in [-0.2, -0.15) is 0 Å². The lowest BCUT2D eigenvalue weighted by Gasteiger charge is -2.26. The minimum absolute atomic E-state index is 0.0628. The molecule has 9 nitrogen and oxygen atoms in total. The van der Waals surface area contributed by atoms with Crippen LogP contribution >= 0.6 is 0 Å². The number of imidazole rings is 1. The fourth-order valence-electron chi connectivity index (χ4n) is 5.74. The predicted molar refractivity (Wildman–Crippen MR) is 149 cm³/mol. The zero-order chi connectivity index (χ0) is 27.2. The van der Waals surface area contributed by atoms with Crippen LogP contribution in [0.2, 0.25) is 0 Å². The lowest BCUT2D eigenvalue weighted by molar-refractivity contribution is 0.0572. The Labute approximate surface area is 230 Å². The summed E-state index contributed by atoms with van der Waals surface area (Å²) >= 11 is 0. The summed E-state index contributed by atoms with van der Waals surface area (Å²) < 4.78 is 15.8. The Hall–Kier alpha value is -4.41. The van der Waals surface area contributed by atoms with E-state index in [2.05, 4.69) is 14.9 Å². The van der Waals surface area contributed by atoms with E-state index in [1.165, 1.54) is 6.07 Å². The highest BCUT2D eigenvalue weighted by molar-refractivity contribution is 5.68. The van der Waals surface area contributed by atoms with Crippen molar-refractivity contribution in [1.82, 2.24) is 24.6 Å². The van der Waals surface area contributed by atoms with Crippen LogP contribution in [-0.4, -0.2) is 66.6 Å². The zero-order valence-corrected chi connectivity index (χ0v) is 21.7. The van der Waals surface area contributed by atoms with Crippen LogP contribution in [0.15, 0.2) is 79.1 Å².